The summed E-state index contributed by atoms with van der Waals surface area (Å²) in [7, 11) is 1.33. The van der Waals surface area contributed by atoms with Crippen LogP contribution in [0.2, 0.25) is 0 Å². The normalized spacial score (nSPS) is 17.5. The van der Waals surface area contributed by atoms with Crippen LogP contribution in [0.3, 0.4) is 0 Å². The number of hydrogen-bond acceptors (Lipinski definition) is 5. The van der Waals surface area contributed by atoms with Crippen LogP contribution in [0.1, 0.15) is 43.6 Å². The quantitative estimate of drug-likeness (QED) is 0.601. The van der Waals surface area contributed by atoms with Gasteiger partial charge in [-0.3, -0.25) is 0 Å². The van der Waals surface area contributed by atoms with E-state index in [1.165, 1.54) is 7.11 Å². The largest absolute Gasteiger partial charge is 0.465 e. The van der Waals surface area contributed by atoms with Crippen LogP contribution in [0.4, 0.5) is 10.5 Å². The third-order valence-corrected chi connectivity index (χ3v) is 4.18. The summed E-state index contributed by atoms with van der Waals surface area (Å²) >= 11 is 0. The maximum atomic E-state index is 12.3. The predicted octanol–water partition coefficient (Wildman–Crippen LogP) is 2.90. The van der Waals surface area contributed by atoms with Crippen LogP contribution in [-0.4, -0.2) is 55.3 Å². The molecule has 1 aromatic carbocycles. The minimum absolute atomic E-state index is 0.0208. The highest BCUT2D eigenvalue weighted by Crippen LogP contribution is 2.24. The Labute approximate surface area is 155 Å². The van der Waals surface area contributed by atoms with E-state index in [2.05, 4.69) is 10.8 Å². The van der Waals surface area contributed by atoms with E-state index >= 15 is 0 Å². The summed E-state index contributed by atoms with van der Waals surface area (Å²) in [4.78, 5) is 28.2. The Kier molecular flexibility index (Phi) is 5.81. The molecule has 1 saturated heterocycles. The zero-order chi connectivity index (χ0) is 19.5. The molecule has 0 spiro atoms. The molecule has 0 N–H and O–H groups in total. The lowest BCUT2D eigenvalue weighted by molar-refractivity contribution is 0.0159. The Hall–Kier alpha value is -2.68. The van der Waals surface area contributed by atoms with Gasteiger partial charge in [-0.15, -0.1) is 6.42 Å². The lowest BCUT2D eigenvalue weighted by Crippen LogP contribution is -2.55. The number of anilines is 1. The van der Waals surface area contributed by atoms with E-state index in [-0.39, 0.29) is 12.1 Å². The molecule has 1 unspecified atom stereocenters. The Bertz CT molecular complexity index is 730. The van der Waals surface area contributed by atoms with Crippen molar-refractivity contribution in [1.82, 2.24) is 4.90 Å². The third kappa shape index (κ3) is 4.48. The Morgan fingerprint density at radius 3 is 2.50 bits per heavy atom. The summed E-state index contributed by atoms with van der Waals surface area (Å²) in [5.41, 5.74) is 1.23. The molecule has 1 atom stereocenters. The standard InChI is InChI=1S/C20H26N2O4/c1-7-15-8-9-16(12-17(15)18(23)25-6)21-10-11-22(14(2)13-21)19(24)26-20(3,4)5/h1,8-9,12,14H,10-11,13H2,2-6H3. The molecule has 6 nitrogen and oxygen atoms in total. The fourth-order valence-corrected chi connectivity index (χ4v) is 2.92. The molecule has 0 aromatic heterocycles. The third-order valence-electron chi connectivity index (χ3n) is 4.18. The van der Waals surface area contributed by atoms with Gasteiger partial charge in [-0.1, -0.05) is 5.92 Å². The van der Waals surface area contributed by atoms with Crippen molar-refractivity contribution in [3.63, 3.8) is 0 Å². The molecule has 1 amide bonds. The molecule has 1 fully saturated rings. The fourth-order valence-electron chi connectivity index (χ4n) is 2.92. The number of amides is 1. The summed E-state index contributed by atoms with van der Waals surface area (Å²) in [6.07, 6.45) is 5.16. The van der Waals surface area contributed by atoms with Crippen LogP contribution >= 0.6 is 0 Å². The van der Waals surface area contributed by atoms with Crippen molar-refractivity contribution in [3.8, 4) is 12.3 Å². The number of carbonyl (C=O) groups is 2. The summed E-state index contributed by atoms with van der Waals surface area (Å²) in [5, 5.41) is 0. The van der Waals surface area contributed by atoms with Crippen LogP contribution in [0.5, 0.6) is 0 Å². The van der Waals surface area contributed by atoms with Crippen LogP contribution < -0.4 is 4.90 Å². The van der Waals surface area contributed by atoms with E-state index in [0.29, 0.717) is 30.8 Å². The van der Waals surface area contributed by atoms with E-state index in [0.717, 1.165) is 5.69 Å². The second-order valence-electron chi connectivity index (χ2n) is 7.33. The molecule has 1 aliphatic rings. The van der Waals surface area contributed by atoms with Crippen molar-refractivity contribution in [2.45, 2.75) is 39.3 Å². The van der Waals surface area contributed by atoms with Crippen LogP contribution in [0, 0.1) is 12.3 Å². The Morgan fingerprint density at radius 2 is 1.96 bits per heavy atom. The van der Waals surface area contributed by atoms with E-state index in [9.17, 15) is 9.59 Å². The Balaban J connectivity index is 2.15. The average Bonchev–Trinajstić information content (AvgIpc) is 2.58. The summed E-state index contributed by atoms with van der Waals surface area (Å²) in [6.45, 7) is 9.36. The van der Waals surface area contributed by atoms with Crippen molar-refractivity contribution >= 4 is 17.7 Å². The first-order chi connectivity index (χ1) is 12.2. The monoisotopic (exact) mass is 358 g/mol. The number of piperazine rings is 1. The van der Waals surface area contributed by atoms with Gasteiger partial charge in [0.25, 0.3) is 0 Å². The lowest BCUT2D eigenvalue weighted by atomic mass is 10.1. The number of methoxy groups -OCH3 is 1. The number of terminal acetylenes is 1. The smallest absolute Gasteiger partial charge is 0.410 e. The molecule has 0 radical (unpaired) electrons. The Morgan fingerprint density at radius 1 is 1.27 bits per heavy atom. The van der Waals surface area contributed by atoms with E-state index in [1.807, 2.05) is 33.8 Å². The SMILES string of the molecule is C#Cc1ccc(N2CCN(C(=O)OC(C)(C)C)C(C)C2)cc1C(=O)OC. The highest BCUT2D eigenvalue weighted by atomic mass is 16.6. The van der Waals surface area contributed by atoms with Gasteiger partial charge in [0.05, 0.1) is 12.7 Å². The molecule has 140 valence electrons. The van der Waals surface area contributed by atoms with Crippen LogP contribution in [-0.2, 0) is 9.47 Å². The number of ether oxygens (including phenoxy) is 2. The van der Waals surface area contributed by atoms with Gasteiger partial charge in [-0.2, -0.15) is 0 Å². The van der Waals surface area contributed by atoms with Gasteiger partial charge in [0.1, 0.15) is 5.60 Å². The number of esters is 1. The highest BCUT2D eigenvalue weighted by molar-refractivity contribution is 5.93. The zero-order valence-corrected chi connectivity index (χ0v) is 16.0. The van der Waals surface area contributed by atoms with Crippen molar-refractivity contribution in [2.75, 3.05) is 31.6 Å². The lowest BCUT2D eigenvalue weighted by Gasteiger charge is -2.41. The van der Waals surface area contributed by atoms with Gasteiger partial charge < -0.3 is 19.3 Å². The predicted molar refractivity (Wildman–Crippen MR) is 100 cm³/mol. The first-order valence-electron chi connectivity index (χ1n) is 8.60. The van der Waals surface area contributed by atoms with Crippen molar-refractivity contribution < 1.29 is 19.1 Å². The maximum Gasteiger partial charge on any atom is 0.410 e. The molecule has 1 heterocycles. The van der Waals surface area contributed by atoms with Crippen LogP contribution in [0.15, 0.2) is 18.2 Å². The molecule has 0 bridgehead atoms. The molecule has 2 rings (SSSR count). The average molecular weight is 358 g/mol. The number of hydrogen-bond donors (Lipinski definition) is 0. The summed E-state index contributed by atoms with van der Waals surface area (Å²) < 4.78 is 10.3. The fraction of sp³-hybridized carbons (Fsp3) is 0.500. The first-order valence-corrected chi connectivity index (χ1v) is 8.60. The van der Waals surface area contributed by atoms with Crippen LogP contribution in [0.25, 0.3) is 0 Å². The summed E-state index contributed by atoms with van der Waals surface area (Å²) in [6, 6.07) is 5.36. The highest BCUT2D eigenvalue weighted by Gasteiger charge is 2.31. The van der Waals surface area contributed by atoms with Crippen molar-refractivity contribution in [1.29, 1.82) is 0 Å². The molecule has 1 aliphatic heterocycles. The molecular formula is C20H26N2O4. The second kappa shape index (κ2) is 7.69. The number of nitrogens with zero attached hydrogens (tertiary/aromatic N) is 2. The van der Waals surface area contributed by atoms with Gasteiger partial charge in [-0.05, 0) is 45.9 Å². The molecule has 26 heavy (non-hydrogen) atoms. The van der Waals surface area contributed by atoms with Crippen molar-refractivity contribution in [2.24, 2.45) is 0 Å². The van der Waals surface area contributed by atoms with Gasteiger partial charge in [-0.25, -0.2) is 9.59 Å². The molecule has 6 heteroatoms. The first kappa shape index (κ1) is 19.6. The molecule has 1 aromatic rings. The number of rotatable bonds is 2. The molecular weight excluding hydrogens is 332 g/mol. The zero-order valence-electron chi connectivity index (χ0n) is 16.0. The second-order valence-corrected chi connectivity index (χ2v) is 7.33. The number of benzene rings is 1. The van der Waals surface area contributed by atoms with Gasteiger partial charge in [0, 0.05) is 36.9 Å². The topological polar surface area (TPSA) is 59.1 Å². The van der Waals surface area contributed by atoms with Gasteiger partial charge in [0.15, 0.2) is 0 Å². The van der Waals surface area contributed by atoms with Gasteiger partial charge in [0.2, 0.25) is 0 Å². The van der Waals surface area contributed by atoms with Gasteiger partial charge >= 0.3 is 12.1 Å². The van der Waals surface area contributed by atoms with Crippen molar-refractivity contribution in [3.05, 3.63) is 29.3 Å². The maximum absolute atomic E-state index is 12.3. The minimum Gasteiger partial charge on any atom is -0.465 e. The van der Waals surface area contributed by atoms with E-state index < -0.39 is 11.6 Å². The molecule has 0 aliphatic carbocycles. The minimum atomic E-state index is -0.519. The van der Waals surface area contributed by atoms with E-state index in [4.69, 9.17) is 15.9 Å². The molecule has 0 saturated carbocycles. The summed E-state index contributed by atoms with van der Waals surface area (Å²) in [5.74, 6) is 2.05. The van der Waals surface area contributed by atoms with E-state index in [1.54, 1.807) is 17.0 Å². The number of carbonyl (C=O) groups excluding carboxylic acids is 2.